The number of amides is 2. The van der Waals surface area contributed by atoms with E-state index in [1.54, 1.807) is 17.3 Å². The first-order valence-electron chi connectivity index (χ1n) is 9.94. The molecule has 1 aliphatic heterocycles. The van der Waals surface area contributed by atoms with Crippen LogP contribution < -0.4 is 5.32 Å². The van der Waals surface area contributed by atoms with Crippen LogP contribution >= 0.6 is 0 Å². The molecule has 0 bridgehead atoms. The predicted molar refractivity (Wildman–Crippen MR) is 108 cm³/mol. The first-order chi connectivity index (χ1) is 13.7. The molecule has 3 rings (SSSR count). The number of rotatable bonds is 4. The molecule has 3 heterocycles. The average molecular weight is 399 g/mol. The maximum Gasteiger partial charge on any atom is 0.410 e. The highest BCUT2D eigenvalue weighted by atomic mass is 16.6. The first-order valence-corrected chi connectivity index (χ1v) is 9.94. The lowest BCUT2D eigenvalue weighted by atomic mass is 9.97. The van der Waals surface area contributed by atoms with Gasteiger partial charge in [0, 0.05) is 38.2 Å². The Balaban J connectivity index is 1.57. The smallest absolute Gasteiger partial charge is 0.410 e. The summed E-state index contributed by atoms with van der Waals surface area (Å²) in [7, 11) is 0. The minimum absolute atomic E-state index is 0.0459. The quantitative estimate of drug-likeness (QED) is 0.854. The summed E-state index contributed by atoms with van der Waals surface area (Å²) < 4.78 is 7.33. The van der Waals surface area contributed by atoms with E-state index in [9.17, 15) is 9.59 Å². The summed E-state index contributed by atoms with van der Waals surface area (Å²) in [5.74, 6) is 1.34. The van der Waals surface area contributed by atoms with E-state index >= 15 is 0 Å². The van der Waals surface area contributed by atoms with Crippen LogP contribution in [0, 0.1) is 12.8 Å². The largest absolute Gasteiger partial charge is 0.444 e. The van der Waals surface area contributed by atoms with E-state index in [2.05, 4.69) is 15.3 Å². The molecular weight excluding hydrogens is 370 g/mol. The molecular formula is C21H29N5O3. The zero-order valence-corrected chi connectivity index (χ0v) is 17.5. The molecule has 8 nitrogen and oxygen atoms in total. The topological polar surface area (TPSA) is 89.4 Å². The van der Waals surface area contributed by atoms with Gasteiger partial charge in [0.05, 0.1) is 5.92 Å². The number of hydrogen-bond acceptors (Lipinski definition) is 5. The van der Waals surface area contributed by atoms with Gasteiger partial charge in [-0.2, -0.15) is 0 Å². The molecule has 2 amide bonds. The summed E-state index contributed by atoms with van der Waals surface area (Å²) in [6, 6.07) is 3.81. The fourth-order valence-electron chi connectivity index (χ4n) is 3.34. The molecule has 1 aliphatic rings. The van der Waals surface area contributed by atoms with E-state index < -0.39 is 5.60 Å². The summed E-state index contributed by atoms with van der Waals surface area (Å²) >= 11 is 0. The van der Waals surface area contributed by atoms with Gasteiger partial charge in [-0.1, -0.05) is 0 Å². The van der Waals surface area contributed by atoms with Crippen LogP contribution in [-0.2, 0) is 16.1 Å². The minimum atomic E-state index is -0.543. The second kappa shape index (κ2) is 8.63. The molecule has 0 unspecified atom stereocenters. The average Bonchev–Trinajstić information content (AvgIpc) is 3.11. The number of carbonyl (C=O) groups is 2. The Labute approximate surface area is 171 Å². The Kier molecular flexibility index (Phi) is 6.20. The van der Waals surface area contributed by atoms with Crippen LogP contribution in [-0.4, -0.2) is 50.1 Å². The standard InChI is InChI=1S/C21H29N5O3/c1-15-22-9-11-26(15)18-12-16(7-8-23-18)13-24-19(27)17-6-5-10-25(14-17)20(28)29-21(2,3)4/h7-9,11-12,17H,5-6,10,13-14H2,1-4H3,(H,24,27)/t17-/m1/s1. The van der Waals surface area contributed by atoms with Gasteiger partial charge < -0.3 is 15.0 Å². The van der Waals surface area contributed by atoms with Crippen LogP contribution in [0.25, 0.3) is 5.82 Å². The molecule has 29 heavy (non-hydrogen) atoms. The Morgan fingerprint density at radius 1 is 1.28 bits per heavy atom. The van der Waals surface area contributed by atoms with E-state index in [1.807, 2.05) is 50.6 Å². The highest BCUT2D eigenvalue weighted by molar-refractivity contribution is 5.80. The third kappa shape index (κ3) is 5.56. The number of carbonyl (C=O) groups excluding carboxylic acids is 2. The summed E-state index contributed by atoms with van der Waals surface area (Å²) in [4.78, 5) is 35.2. The van der Waals surface area contributed by atoms with Gasteiger partial charge in [-0.05, 0) is 58.2 Å². The number of nitrogens with zero attached hydrogens (tertiary/aromatic N) is 4. The Hall–Kier alpha value is -2.90. The summed E-state index contributed by atoms with van der Waals surface area (Å²) in [5, 5.41) is 2.99. The fourth-order valence-corrected chi connectivity index (χ4v) is 3.34. The van der Waals surface area contributed by atoms with E-state index in [0.717, 1.165) is 30.0 Å². The van der Waals surface area contributed by atoms with Crippen LogP contribution in [0.5, 0.6) is 0 Å². The van der Waals surface area contributed by atoms with Crippen molar-refractivity contribution in [3.63, 3.8) is 0 Å². The number of hydrogen-bond donors (Lipinski definition) is 1. The molecule has 0 radical (unpaired) electrons. The summed E-state index contributed by atoms with van der Waals surface area (Å²) in [6.07, 6.45) is 6.50. The van der Waals surface area contributed by atoms with Crippen LogP contribution in [0.15, 0.2) is 30.7 Å². The second-order valence-electron chi connectivity index (χ2n) is 8.35. The minimum Gasteiger partial charge on any atom is -0.444 e. The van der Waals surface area contributed by atoms with Crippen molar-refractivity contribution in [3.05, 3.63) is 42.1 Å². The van der Waals surface area contributed by atoms with Crippen molar-refractivity contribution in [1.82, 2.24) is 24.8 Å². The molecule has 2 aromatic rings. The molecule has 0 saturated carbocycles. The molecule has 156 valence electrons. The lowest BCUT2D eigenvalue weighted by molar-refractivity contribution is -0.126. The number of likely N-dealkylation sites (tertiary alicyclic amines) is 1. The molecule has 0 aliphatic carbocycles. The Morgan fingerprint density at radius 2 is 2.07 bits per heavy atom. The SMILES string of the molecule is Cc1nccn1-c1cc(CNC(=O)[C@@H]2CCCN(C(=O)OC(C)(C)C)C2)ccn1. The molecule has 0 spiro atoms. The highest BCUT2D eigenvalue weighted by Gasteiger charge is 2.30. The molecule has 8 heteroatoms. The van der Waals surface area contributed by atoms with Crippen molar-refractivity contribution in [1.29, 1.82) is 0 Å². The molecule has 0 aromatic carbocycles. The number of nitrogens with one attached hydrogen (secondary N) is 1. The maximum absolute atomic E-state index is 12.7. The lowest BCUT2D eigenvalue weighted by Crippen LogP contribution is -2.46. The van der Waals surface area contributed by atoms with Crippen LogP contribution in [0.4, 0.5) is 4.79 Å². The van der Waals surface area contributed by atoms with Gasteiger partial charge in [0.25, 0.3) is 0 Å². The number of aryl methyl sites for hydroxylation is 1. The van der Waals surface area contributed by atoms with Crippen molar-refractivity contribution in [2.24, 2.45) is 5.92 Å². The van der Waals surface area contributed by atoms with E-state index in [1.165, 1.54) is 0 Å². The van der Waals surface area contributed by atoms with Crippen molar-refractivity contribution >= 4 is 12.0 Å². The number of piperidine rings is 1. The van der Waals surface area contributed by atoms with Crippen molar-refractivity contribution in [2.45, 2.75) is 52.7 Å². The molecule has 2 aromatic heterocycles. The molecule has 1 saturated heterocycles. The first kappa shape index (κ1) is 20.8. The van der Waals surface area contributed by atoms with Gasteiger partial charge in [-0.3, -0.25) is 9.36 Å². The van der Waals surface area contributed by atoms with Crippen molar-refractivity contribution in [2.75, 3.05) is 13.1 Å². The fraction of sp³-hybridized carbons (Fsp3) is 0.524. The Bertz CT molecular complexity index is 871. The van der Waals surface area contributed by atoms with E-state index in [4.69, 9.17) is 4.74 Å². The normalized spacial score (nSPS) is 17.1. The summed E-state index contributed by atoms with van der Waals surface area (Å²) in [5.41, 5.74) is 0.412. The molecule has 1 fully saturated rings. The van der Waals surface area contributed by atoms with Gasteiger partial charge in [-0.25, -0.2) is 14.8 Å². The monoisotopic (exact) mass is 399 g/mol. The van der Waals surface area contributed by atoms with E-state index in [-0.39, 0.29) is 17.9 Å². The zero-order chi connectivity index (χ0) is 21.0. The van der Waals surface area contributed by atoms with Crippen molar-refractivity contribution < 1.29 is 14.3 Å². The Morgan fingerprint density at radius 3 is 2.76 bits per heavy atom. The number of aromatic nitrogens is 3. The van der Waals surface area contributed by atoms with Gasteiger partial charge in [-0.15, -0.1) is 0 Å². The predicted octanol–water partition coefficient (Wildman–Crippen LogP) is 2.84. The highest BCUT2D eigenvalue weighted by Crippen LogP contribution is 2.20. The van der Waals surface area contributed by atoms with Crippen LogP contribution in [0.2, 0.25) is 0 Å². The van der Waals surface area contributed by atoms with Gasteiger partial charge in [0.2, 0.25) is 5.91 Å². The summed E-state index contributed by atoms with van der Waals surface area (Å²) in [6.45, 7) is 8.85. The molecule has 1 atom stereocenters. The lowest BCUT2D eigenvalue weighted by Gasteiger charge is -2.33. The number of pyridine rings is 1. The zero-order valence-electron chi connectivity index (χ0n) is 17.5. The van der Waals surface area contributed by atoms with Gasteiger partial charge in [0.15, 0.2) is 0 Å². The van der Waals surface area contributed by atoms with Gasteiger partial charge in [0.1, 0.15) is 17.2 Å². The van der Waals surface area contributed by atoms with E-state index in [0.29, 0.717) is 19.6 Å². The number of imidazole rings is 1. The van der Waals surface area contributed by atoms with Gasteiger partial charge >= 0.3 is 6.09 Å². The third-order valence-corrected chi connectivity index (χ3v) is 4.79. The maximum atomic E-state index is 12.7. The van der Waals surface area contributed by atoms with Crippen LogP contribution in [0.1, 0.15) is 45.0 Å². The molecule has 1 N–H and O–H groups in total. The van der Waals surface area contributed by atoms with Crippen LogP contribution in [0.3, 0.4) is 0 Å². The van der Waals surface area contributed by atoms with Crippen molar-refractivity contribution in [3.8, 4) is 5.82 Å². The second-order valence-corrected chi connectivity index (χ2v) is 8.35. The third-order valence-electron chi connectivity index (χ3n) is 4.79. The number of ether oxygens (including phenoxy) is 1.